The predicted molar refractivity (Wildman–Crippen MR) is 117 cm³/mol. The third kappa shape index (κ3) is 4.50. The largest absolute Gasteiger partial charge is 0.359 e. The maximum absolute atomic E-state index is 12.7. The number of rotatable bonds is 6. The van der Waals surface area contributed by atoms with Gasteiger partial charge in [-0.1, -0.05) is 30.3 Å². The van der Waals surface area contributed by atoms with Crippen molar-refractivity contribution < 1.29 is 4.79 Å². The topological polar surface area (TPSA) is 66.9 Å². The molecule has 0 saturated carbocycles. The second kappa shape index (κ2) is 8.67. The van der Waals surface area contributed by atoms with Crippen molar-refractivity contribution in [2.45, 2.75) is 13.0 Å². The lowest BCUT2D eigenvalue weighted by molar-refractivity contribution is 0.102. The Bertz CT molecular complexity index is 1080. The molecule has 3 aromatic heterocycles. The average Bonchev–Trinajstić information content (AvgIpc) is 3.13. The summed E-state index contributed by atoms with van der Waals surface area (Å²) in [5.74, 6) is 0.627. The van der Waals surface area contributed by atoms with Crippen molar-refractivity contribution in [2.75, 3.05) is 10.6 Å². The van der Waals surface area contributed by atoms with Gasteiger partial charge in [0.25, 0.3) is 5.91 Å². The van der Waals surface area contributed by atoms with Gasteiger partial charge < -0.3 is 10.6 Å². The minimum absolute atomic E-state index is 0.128. The van der Waals surface area contributed by atoms with Gasteiger partial charge in [0.15, 0.2) is 0 Å². The fraction of sp³-hybridized carbons (Fsp3) is 0.0870. The number of aryl methyl sites for hydroxylation is 1. The van der Waals surface area contributed by atoms with Gasteiger partial charge in [0.1, 0.15) is 10.8 Å². The zero-order valence-electron chi connectivity index (χ0n) is 15.9. The number of nitrogens with one attached hydrogen (secondary N) is 2. The van der Waals surface area contributed by atoms with Crippen molar-refractivity contribution in [3.05, 3.63) is 107 Å². The molecule has 1 unspecified atom stereocenters. The third-order valence-corrected chi connectivity index (χ3v) is 5.41. The van der Waals surface area contributed by atoms with E-state index in [4.69, 9.17) is 0 Å². The fourth-order valence-corrected chi connectivity index (χ4v) is 4.04. The molecule has 4 aromatic rings. The Labute approximate surface area is 173 Å². The lowest BCUT2D eigenvalue weighted by Crippen LogP contribution is -2.17. The molecule has 1 aromatic carbocycles. The van der Waals surface area contributed by atoms with Crippen LogP contribution in [0.4, 0.5) is 10.8 Å². The van der Waals surface area contributed by atoms with Crippen molar-refractivity contribution in [1.82, 2.24) is 9.97 Å². The highest BCUT2D eigenvalue weighted by molar-refractivity contribution is 7.16. The summed E-state index contributed by atoms with van der Waals surface area (Å²) in [6.45, 7) is 2.04. The summed E-state index contributed by atoms with van der Waals surface area (Å²) < 4.78 is 0. The monoisotopic (exact) mass is 400 g/mol. The van der Waals surface area contributed by atoms with Gasteiger partial charge in [-0.05, 0) is 48.9 Å². The molecule has 6 heteroatoms. The van der Waals surface area contributed by atoms with E-state index in [-0.39, 0.29) is 11.9 Å². The van der Waals surface area contributed by atoms with Gasteiger partial charge in [0.05, 0.1) is 6.04 Å². The minimum atomic E-state index is -0.199. The van der Waals surface area contributed by atoms with E-state index in [0.717, 1.165) is 26.8 Å². The van der Waals surface area contributed by atoms with Gasteiger partial charge in [-0.15, -0.1) is 11.3 Å². The first-order chi connectivity index (χ1) is 14.2. The van der Waals surface area contributed by atoms with E-state index in [9.17, 15) is 4.79 Å². The van der Waals surface area contributed by atoms with Gasteiger partial charge in [-0.25, -0.2) is 4.98 Å². The Morgan fingerprint density at radius 1 is 1.00 bits per heavy atom. The summed E-state index contributed by atoms with van der Waals surface area (Å²) in [6, 6.07) is 20.8. The molecule has 0 fully saturated rings. The maximum Gasteiger partial charge on any atom is 0.256 e. The highest BCUT2D eigenvalue weighted by Gasteiger charge is 2.22. The molecule has 1 atom stereocenters. The summed E-state index contributed by atoms with van der Waals surface area (Å²) in [5.41, 5.74) is 2.60. The van der Waals surface area contributed by atoms with E-state index in [0.29, 0.717) is 5.56 Å². The Hall–Kier alpha value is -3.51. The molecule has 4 rings (SSSR count). The summed E-state index contributed by atoms with van der Waals surface area (Å²) in [5, 5.41) is 7.38. The highest BCUT2D eigenvalue weighted by atomic mass is 32.1. The van der Waals surface area contributed by atoms with Crippen LogP contribution in [0, 0.1) is 6.92 Å². The molecule has 29 heavy (non-hydrogen) atoms. The molecule has 5 nitrogen and oxygen atoms in total. The Morgan fingerprint density at radius 3 is 2.55 bits per heavy atom. The molecule has 0 radical (unpaired) electrons. The van der Waals surface area contributed by atoms with Gasteiger partial charge in [0, 0.05) is 34.6 Å². The van der Waals surface area contributed by atoms with Crippen LogP contribution >= 0.6 is 11.3 Å². The molecule has 0 bridgehead atoms. The fourth-order valence-electron chi connectivity index (χ4n) is 3.09. The first kappa shape index (κ1) is 18.8. The maximum atomic E-state index is 12.7. The number of pyridine rings is 2. The number of thiophene rings is 1. The van der Waals surface area contributed by atoms with Gasteiger partial charge >= 0.3 is 0 Å². The quantitative estimate of drug-likeness (QED) is 0.461. The van der Waals surface area contributed by atoms with Crippen molar-refractivity contribution in [1.29, 1.82) is 0 Å². The standard InChI is InChI=1S/C23H20N4OS/c1-16-14-19(23(29-16)27-22(28)17-8-3-2-4-9-17)21(18-10-7-12-24-15-18)26-20-11-5-6-13-25-20/h2-15,21H,1H3,(H,25,26)(H,27,28). The van der Waals surface area contributed by atoms with Crippen LogP contribution in [0.25, 0.3) is 0 Å². The second-order valence-corrected chi connectivity index (χ2v) is 7.80. The molecule has 0 aliphatic heterocycles. The molecule has 0 aliphatic carbocycles. The number of anilines is 2. The van der Waals surface area contributed by atoms with Crippen LogP contribution in [-0.2, 0) is 0 Å². The Balaban J connectivity index is 1.70. The first-order valence-electron chi connectivity index (χ1n) is 9.25. The van der Waals surface area contributed by atoms with E-state index in [1.165, 1.54) is 0 Å². The number of hydrogen-bond acceptors (Lipinski definition) is 5. The number of nitrogens with zero attached hydrogens (tertiary/aromatic N) is 2. The molecule has 1 amide bonds. The first-order valence-corrected chi connectivity index (χ1v) is 10.1. The third-order valence-electron chi connectivity index (χ3n) is 4.43. The zero-order chi connectivity index (χ0) is 20.1. The van der Waals surface area contributed by atoms with E-state index >= 15 is 0 Å². The number of amides is 1. The number of hydrogen-bond donors (Lipinski definition) is 2. The Morgan fingerprint density at radius 2 is 1.83 bits per heavy atom. The number of benzene rings is 1. The summed E-state index contributed by atoms with van der Waals surface area (Å²) >= 11 is 1.56. The van der Waals surface area contributed by atoms with E-state index in [1.54, 1.807) is 35.9 Å². The Kier molecular flexibility index (Phi) is 5.63. The van der Waals surface area contributed by atoms with Crippen LogP contribution in [0.2, 0.25) is 0 Å². The molecule has 3 heterocycles. The van der Waals surface area contributed by atoms with Crippen molar-refractivity contribution >= 4 is 28.1 Å². The van der Waals surface area contributed by atoms with E-state index < -0.39 is 0 Å². The van der Waals surface area contributed by atoms with E-state index in [1.807, 2.05) is 61.7 Å². The average molecular weight is 401 g/mol. The van der Waals surface area contributed by atoms with Crippen LogP contribution in [-0.4, -0.2) is 15.9 Å². The smallest absolute Gasteiger partial charge is 0.256 e. The lowest BCUT2D eigenvalue weighted by atomic mass is 10.0. The molecule has 0 aliphatic rings. The second-order valence-electron chi connectivity index (χ2n) is 6.54. The predicted octanol–water partition coefficient (Wildman–Crippen LogP) is 5.30. The lowest BCUT2D eigenvalue weighted by Gasteiger charge is -2.20. The normalized spacial score (nSPS) is 11.6. The van der Waals surface area contributed by atoms with Crippen LogP contribution in [0.15, 0.2) is 85.3 Å². The van der Waals surface area contributed by atoms with Crippen LogP contribution in [0.1, 0.15) is 32.4 Å². The zero-order valence-corrected chi connectivity index (χ0v) is 16.7. The van der Waals surface area contributed by atoms with Gasteiger partial charge in [-0.2, -0.15) is 0 Å². The molecule has 0 spiro atoms. The van der Waals surface area contributed by atoms with Crippen LogP contribution in [0.3, 0.4) is 0 Å². The molecule has 0 saturated heterocycles. The summed E-state index contributed by atoms with van der Waals surface area (Å²) in [7, 11) is 0. The van der Waals surface area contributed by atoms with Crippen LogP contribution < -0.4 is 10.6 Å². The van der Waals surface area contributed by atoms with Crippen LogP contribution in [0.5, 0.6) is 0 Å². The van der Waals surface area contributed by atoms with Crippen molar-refractivity contribution in [2.24, 2.45) is 0 Å². The number of carbonyl (C=O) groups is 1. The molecular formula is C23H20N4OS. The number of carbonyl (C=O) groups excluding carboxylic acids is 1. The molecular weight excluding hydrogens is 380 g/mol. The molecule has 144 valence electrons. The highest BCUT2D eigenvalue weighted by Crippen LogP contribution is 2.37. The van der Waals surface area contributed by atoms with Gasteiger partial charge in [-0.3, -0.25) is 9.78 Å². The summed E-state index contributed by atoms with van der Waals surface area (Å²) in [4.78, 5) is 22.5. The van der Waals surface area contributed by atoms with Crippen molar-refractivity contribution in [3.63, 3.8) is 0 Å². The van der Waals surface area contributed by atoms with E-state index in [2.05, 4.69) is 26.7 Å². The van der Waals surface area contributed by atoms with Crippen molar-refractivity contribution in [3.8, 4) is 0 Å². The van der Waals surface area contributed by atoms with Gasteiger partial charge in [0.2, 0.25) is 0 Å². The minimum Gasteiger partial charge on any atom is -0.359 e. The SMILES string of the molecule is Cc1cc(C(Nc2ccccn2)c2cccnc2)c(NC(=O)c2ccccc2)s1. The number of aromatic nitrogens is 2. The molecule has 2 N–H and O–H groups in total. The summed E-state index contributed by atoms with van der Waals surface area (Å²) in [6.07, 6.45) is 5.33.